The molecule has 0 atom stereocenters. The first-order valence-electron chi connectivity index (χ1n) is 8.99. The Hall–Kier alpha value is -2.62. The van der Waals surface area contributed by atoms with Gasteiger partial charge in [-0.15, -0.1) is 0 Å². The van der Waals surface area contributed by atoms with Gasteiger partial charge in [0.2, 0.25) is 5.91 Å². The molecule has 2 aromatic carbocycles. The Balaban J connectivity index is 1.69. The number of benzene rings is 2. The third-order valence-corrected chi connectivity index (χ3v) is 4.47. The van der Waals surface area contributed by atoms with E-state index in [4.69, 9.17) is 4.74 Å². The quantitative estimate of drug-likeness (QED) is 0.501. The maximum Gasteiger partial charge on any atom is 0.222 e. The molecule has 1 amide bonds. The van der Waals surface area contributed by atoms with E-state index in [2.05, 4.69) is 0 Å². The molecule has 0 saturated heterocycles. The number of carbonyl (C=O) groups is 2. The van der Waals surface area contributed by atoms with Crippen molar-refractivity contribution in [3.05, 3.63) is 65.2 Å². The van der Waals surface area contributed by atoms with Crippen molar-refractivity contribution in [1.82, 2.24) is 4.90 Å². The number of para-hydroxylation sites is 1. The summed E-state index contributed by atoms with van der Waals surface area (Å²) < 4.78 is 5.62. The topological polar surface area (TPSA) is 46.6 Å². The van der Waals surface area contributed by atoms with Gasteiger partial charge in [-0.1, -0.05) is 30.3 Å². The van der Waals surface area contributed by atoms with Gasteiger partial charge in [-0.25, -0.2) is 0 Å². The van der Waals surface area contributed by atoms with Crippen LogP contribution in [0.4, 0.5) is 0 Å². The number of hydrogen-bond donors (Lipinski definition) is 0. The average molecular weight is 353 g/mol. The van der Waals surface area contributed by atoms with Gasteiger partial charge in [-0.2, -0.15) is 0 Å². The SMILES string of the molecule is Cc1ccc(C(=O)CCC(=O)N(C)CCCOc2ccccc2)cc1C. The van der Waals surface area contributed by atoms with Gasteiger partial charge in [0.05, 0.1) is 6.61 Å². The van der Waals surface area contributed by atoms with E-state index < -0.39 is 0 Å². The molecule has 2 rings (SSSR count). The molecule has 0 fully saturated rings. The van der Waals surface area contributed by atoms with Crippen LogP contribution in [0.1, 0.15) is 40.7 Å². The van der Waals surface area contributed by atoms with Crippen LogP contribution in [-0.4, -0.2) is 36.8 Å². The molecule has 26 heavy (non-hydrogen) atoms. The molecule has 0 aromatic heterocycles. The maximum absolute atomic E-state index is 12.3. The molecule has 2 aromatic rings. The molecular formula is C22H27NO3. The number of rotatable bonds is 9. The largest absolute Gasteiger partial charge is 0.494 e. The van der Waals surface area contributed by atoms with Gasteiger partial charge in [0, 0.05) is 32.0 Å². The summed E-state index contributed by atoms with van der Waals surface area (Å²) in [6.07, 6.45) is 1.23. The second kappa shape index (κ2) is 9.76. The smallest absolute Gasteiger partial charge is 0.222 e. The number of amides is 1. The minimum absolute atomic E-state index is 0.0121. The lowest BCUT2D eigenvalue weighted by Gasteiger charge is -2.17. The van der Waals surface area contributed by atoms with Gasteiger partial charge >= 0.3 is 0 Å². The molecule has 138 valence electrons. The van der Waals surface area contributed by atoms with Crippen LogP contribution in [0.25, 0.3) is 0 Å². The van der Waals surface area contributed by atoms with Crippen molar-refractivity contribution in [2.45, 2.75) is 33.1 Å². The van der Waals surface area contributed by atoms with Gasteiger partial charge in [0.25, 0.3) is 0 Å². The number of ketones is 1. The predicted octanol–water partition coefficient (Wildman–Crippen LogP) is 4.19. The highest BCUT2D eigenvalue weighted by molar-refractivity contribution is 5.98. The third-order valence-electron chi connectivity index (χ3n) is 4.47. The summed E-state index contributed by atoms with van der Waals surface area (Å²) in [5.41, 5.74) is 2.94. The van der Waals surface area contributed by atoms with Crippen LogP contribution in [0.3, 0.4) is 0 Å². The van der Waals surface area contributed by atoms with Crippen LogP contribution in [0.5, 0.6) is 5.75 Å². The Morgan fingerprint density at radius 2 is 1.69 bits per heavy atom. The Kier molecular flexibility index (Phi) is 7.39. The van der Waals surface area contributed by atoms with Crippen LogP contribution in [0.15, 0.2) is 48.5 Å². The zero-order chi connectivity index (χ0) is 18.9. The number of nitrogens with zero attached hydrogens (tertiary/aromatic N) is 1. The molecule has 4 heteroatoms. The van der Waals surface area contributed by atoms with Crippen molar-refractivity contribution in [3.8, 4) is 5.75 Å². The zero-order valence-corrected chi connectivity index (χ0v) is 15.8. The fraction of sp³-hybridized carbons (Fsp3) is 0.364. The second-order valence-electron chi connectivity index (χ2n) is 6.55. The van der Waals surface area contributed by atoms with Crippen molar-refractivity contribution in [2.75, 3.05) is 20.2 Å². The van der Waals surface area contributed by atoms with E-state index in [0.717, 1.165) is 23.3 Å². The van der Waals surface area contributed by atoms with E-state index in [-0.39, 0.29) is 24.5 Å². The van der Waals surface area contributed by atoms with Crippen molar-refractivity contribution in [1.29, 1.82) is 0 Å². The molecule has 4 nitrogen and oxygen atoms in total. The lowest BCUT2D eigenvalue weighted by atomic mass is 10.0. The normalized spacial score (nSPS) is 10.4. The summed E-state index contributed by atoms with van der Waals surface area (Å²) in [7, 11) is 1.77. The molecule has 0 N–H and O–H groups in total. The molecule has 0 spiro atoms. The standard InChI is InChI=1S/C22H27NO3/c1-17-10-11-19(16-18(17)2)21(24)12-13-22(25)23(3)14-7-15-26-20-8-5-4-6-9-20/h4-6,8-11,16H,7,12-15H2,1-3H3. The highest BCUT2D eigenvalue weighted by Gasteiger charge is 2.13. The fourth-order valence-electron chi connectivity index (χ4n) is 2.60. The first kappa shape index (κ1) is 19.7. The molecule has 0 heterocycles. The Morgan fingerprint density at radius 1 is 0.962 bits per heavy atom. The van der Waals surface area contributed by atoms with Crippen LogP contribution >= 0.6 is 0 Å². The molecule has 0 aliphatic heterocycles. The molecule has 0 aliphatic rings. The van der Waals surface area contributed by atoms with Gasteiger partial charge in [-0.05, 0) is 49.6 Å². The monoisotopic (exact) mass is 353 g/mol. The second-order valence-corrected chi connectivity index (χ2v) is 6.55. The van der Waals surface area contributed by atoms with Gasteiger partial charge < -0.3 is 9.64 Å². The first-order chi connectivity index (χ1) is 12.5. The van der Waals surface area contributed by atoms with Crippen molar-refractivity contribution in [3.63, 3.8) is 0 Å². The van der Waals surface area contributed by atoms with Crippen molar-refractivity contribution in [2.24, 2.45) is 0 Å². The summed E-state index contributed by atoms with van der Waals surface area (Å²) in [6, 6.07) is 15.3. The van der Waals surface area contributed by atoms with Crippen LogP contribution in [0.2, 0.25) is 0 Å². The molecular weight excluding hydrogens is 326 g/mol. The van der Waals surface area contributed by atoms with Crippen LogP contribution in [-0.2, 0) is 4.79 Å². The van der Waals surface area contributed by atoms with Crippen LogP contribution in [0, 0.1) is 13.8 Å². The summed E-state index contributed by atoms with van der Waals surface area (Å²) in [5.74, 6) is 0.838. The van der Waals surface area contributed by atoms with E-state index in [1.54, 1.807) is 11.9 Å². The summed E-state index contributed by atoms with van der Waals surface area (Å²) in [4.78, 5) is 26.1. The molecule has 0 unspecified atom stereocenters. The minimum atomic E-state index is -0.0121. The number of aryl methyl sites for hydroxylation is 2. The first-order valence-corrected chi connectivity index (χ1v) is 8.99. The maximum atomic E-state index is 12.3. The minimum Gasteiger partial charge on any atom is -0.494 e. The van der Waals surface area contributed by atoms with E-state index in [0.29, 0.717) is 18.7 Å². The summed E-state index contributed by atoms with van der Waals surface area (Å²) in [5, 5.41) is 0. The lowest BCUT2D eigenvalue weighted by Crippen LogP contribution is -2.29. The Labute approximate surface area is 155 Å². The molecule has 0 saturated carbocycles. The van der Waals surface area contributed by atoms with Gasteiger partial charge in [0.1, 0.15) is 5.75 Å². The number of hydrogen-bond acceptors (Lipinski definition) is 3. The summed E-state index contributed by atoms with van der Waals surface area (Å²) in [6.45, 7) is 5.18. The van der Waals surface area contributed by atoms with E-state index >= 15 is 0 Å². The van der Waals surface area contributed by atoms with Gasteiger partial charge in [-0.3, -0.25) is 9.59 Å². The number of ether oxygens (including phenoxy) is 1. The zero-order valence-electron chi connectivity index (χ0n) is 15.8. The van der Waals surface area contributed by atoms with E-state index in [9.17, 15) is 9.59 Å². The molecule has 0 radical (unpaired) electrons. The fourth-order valence-corrected chi connectivity index (χ4v) is 2.60. The summed E-state index contributed by atoms with van der Waals surface area (Å²) >= 11 is 0. The van der Waals surface area contributed by atoms with E-state index in [1.165, 1.54) is 0 Å². The Morgan fingerprint density at radius 3 is 2.38 bits per heavy atom. The number of carbonyl (C=O) groups excluding carboxylic acids is 2. The van der Waals surface area contributed by atoms with E-state index in [1.807, 2.05) is 62.4 Å². The Bertz CT molecular complexity index is 740. The predicted molar refractivity (Wildman–Crippen MR) is 104 cm³/mol. The lowest BCUT2D eigenvalue weighted by molar-refractivity contribution is -0.129. The third kappa shape index (κ3) is 6.03. The van der Waals surface area contributed by atoms with Crippen LogP contribution < -0.4 is 4.74 Å². The number of Topliss-reactive ketones (excluding diaryl/α,β-unsaturated/α-hetero) is 1. The highest BCUT2D eigenvalue weighted by Crippen LogP contribution is 2.13. The van der Waals surface area contributed by atoms with Crippen molar-refractivity contribution >= 4 is 11.7 Å². The van der Waals surface area contributed by atoms with Gasteiger partial charge in [0.15, 0.2) is 5.78 Å². The average Bonchev–Trinajstić information content (AvgIpc) is 2.65. The molecule has 0 bridgehead atoms. The van der Waals surface area contributed by atoms with Crippen molar-refractivity contribution < 1.29 is 14.3 Å². The molecule has 0 aliphatic carbocycles. The highest BCUT2D eigenvalue weighted by atomic mass is 16.5.